The Labute approximate surface area is 99.7 Å². The minimum Gasteiger partial charge on any atom is -0.475 e. The van der Waals surface area contributed by atoms with Crippen LogP contribution in [0.1, 0.15) is 27.3 Å². The average molecular weight is 259 g/mol. The first-order valence-electron chi connectivity index (χ1n) is 4.33. The summed E-state index contributed by atoms with van der Waals surface area (Å²) < 4.78 is 4.98. The van der Waals surface area contributed by atoms with Crippen molar-refractivity contribution in [3.8, 4) is 0 Å². The molecule has 0 fully saturated rings. The lowest BCUT2D eigenvalue weighted by Gasteiger charge is -2.05. The molecule has 0 saturated heterocycles. The monoisotopic (exact) mass is 258 g/mol. The minimum absolute atomic E-state index is 0.168. The van der Waals surface area contributed by atoms with Gasteiger partial charge in [0.15, 0.2) is 0 Å². The zero-order valence-corrected chi connectivity index (χ0v) is 9.46. The third-order valence-electron chi connectivity index (χ3n) is 2.00. The summed E-state index contributed by atoms with van der Waals surface area (Å²) in [5.74, 6) is -1.21. The highest BCUT2D eigenvalue weighted by Gasteiger charge is 2.20. The summed E-state index contributed by atoms with van der Waals surface area (Å²) in [7, 11) is 0. The lowest BCUT2D eigenvalue weighted by atomic mass is 10.2. The summed E-state index contributed by atoms with van der Waals surface area (Å²) >= 11 is 7.13. The summed E-state index contributed by atoms with van der Waals surface area (Å²) in [5.41, 5.74) is 0. The van der Waals surface area contributed by atoms with Crippen molar-refractivity contribution in [1.82, 2.24) is 0 Å². The van der Waals surface area contributed by atoms with Crippen molar-refractivity contribution >= 4 is 28.9 Å². The zero-order chi connectivity index (χ0) is 11.7. The van der Waals surface area contributed by atoms with Crippen molar-refractivity contribution in [1.29, 1.82) is 0 Å². The molecule has 0 amide bonds. The van der Waals surface area contributed by atoms with Crippen LogP contribution in [0.25, 0.3) is 0 Å². The van der Waals surface area contributed by atoms with Crippen LogP contribution in [0.5, 0.6) is 0 Å². The second kappa shape index (κ2) is 4.29. The summed E-state index contributed by atoms with van der Waals surface area (Å²) in [4.78, 5) is 11.1. The predicted molar refractivity (Wildman–Crippen MR) is 59.1 cm³/mol. The molecule has 0 aromatic carbocycles. The molecule has 2 rings (SSSR count). The van der Waals surface area contributed by atoms with Gasteiger partial charge in [-0.1, -0.05) is 11.6 Å². The first-order chi connectivity index (χ1) is 7.59. The Kier molecular flexibility index (Phi) is 3.00. The van der Waals surface area contributed by atoms with E-state index in [-0.39, 0.29) is 11.5 Å². The van der Waals surface area contributed by atoms with Crippen molar-refractivity contribution in [3.05, 3.63) is 45.0 Å². The number of aliphatic hydroxyl groups excluding tert-OH is 1. The molecule has 0 aliphatic carbocycles. The van der Waals surface area contributed by atoms with Crippen LogP contribution >= 0.6 is 22.9 Å². The molecule has 2 heterocycles. The molecule has 0 aliphatic heterocycles. The molecule has 16 heavy (non-hydrogen) atoms. The predicted octanol–water partition coefficient (Wildman–Crippen LogP) is 2.77. The number of aliphatic hydroxyl groups is 1. The molecular formula is C10H7ClO4S. The fourth-order valence-corrected chi connectivity index (χ4v) is 2.40. The standard InChI is InChI=1S/C10H7ClO4S/c11-5-3-4-16-9(5)8(12)6-1-2-7(15-6)10(13)14/h1-4,8,12H,(H,13,14). The second-order valence-electron chi connectivity index (χ2n) is 3.04. The van der Waals surface area contributed by atoms with Crippen molar-refractivity contribution in [2.24, 2.45) is 0 Å². The zero-order valence-electron chi connectivity index (χ0n) is 7.88. The van der Waals surface area contributed by atoms with E-state index in [0.717, 1.165) is 0 Å². The van der Waals surface area contributed by atoms with Crippen LogP contribution in [0.15, 0.2) is 28.0 Å². The van der Waals surface area contributed by atoms with E-state index in [1.807, 2.05) is 0 Å². The van der Waals surface area contributed by atoms with Crippen LogP contribution in [0, 0.1) is 0 Å². The smallest absolute Gasteiger partial charge is 0.371 e. The van der Waals surface area contributed by atoms with Gasteiger partial charge in [0.2, 0.25) is 5.76 Å². The summed E-state index contributed by atoms with van der Waals surface area (Å²) in [6, 6.07) is 4.37. The third-order valence-corrected chi connectivity index (χ3v) is 3.41. The van der Waals surface area contributed by atoms with E-state index in [9.17, 15) is 9.90 Å². The Morgan fingerprint density at radius 3 is 2.69 bits per heavy atom. The van der Waals surface area contributed by atoms with Crippen LogP contribution in [-0.2, 0) is 0 Å². The highest BCUT2D eigenvalue weighted by molar-refractivity contribution is 7.10. The Hall–Kier alpha value is -1.30. The number of carboxylic acid groups (broad SMARTS) is 1. The lowest BCUT2D eigenvalue weighted by Crippen LogP contribution is -1.96. The Morgan fingerprint density at radius 1 is 1.44 bits per heavy atom. The van der Waals surface area contributed by atoms with E-state index in [4.69, 9.17) is 21.1 Å². The molecule has 1 atom stereocenters. The van der Waals surface area contributed by atoms with Crippen molar-refractivity contribution < 1.29 is 19.4 Å². The molecule has 0 saturated carbocycles. The van der Waals surface area contributed by atoms with E-state index in [1.165, 1.54) is 23.5 Å². The fraction of sp³-hybridized carbons (Fsp3) is 0.100. The van der Waals surface area contributed by atoms with Gasteiger partial charge in [0, 0.05) is 0 Å². The number of rotatable bonds is 3. The first kappa shape index (κ1) is 11.2. The van der Waals surface area contributed by atoms with Gasteiger partial charge in [-0.25, -0.2) is 4.79 Å². The molecule has 84 valence electrons. The van der Waals surface area contributed by atoms with E-state index >= 15 is 0 Å². The summed E-state index contributed by atoms with van der Waals surface area (Å²) in [6.07, 6.45) is -1.03. The molecule has 2 N–H and O–H groups in total. The molecule has 6 heteroatoms. The van der Waals surface area contributed by atoms with Gasteiger partial charge in [0.25, 0.3) is 0 Å². The molecule has 2 aromatic heterocycles. The minimum atomic E-state index is -1.17. The number of carbonyl (C=O) groups is 1. The van der Waals surface area contributed by atoms with E-state index in [1.54, 1.807) is 11.4 Å². The van der Waals surface area contributed by atoms with E-state index < -0.39 is 12.1 Å². The molecular weight excluding hydrogens is 252 g/mol. The van der Waals surface area contributed by atoms with Crippen LogP contribution in [-0.4, -0.2) is 16.2 Å². The molecule has 0 radical (unpaired) electrons. The van der Waals surface area contributed by atoms with Crippen LogP contribution in [0.3, 0.4) is 0 Å². The SMILES string of the molecule is O=C(O)c1ccc(C(O)c2sccc2Cl)o1. The molecule has 0 bridgehead atoms. The number of hydrogen-bond acceptors (Lipinski definition) is 4. The van der Waals surface area contributed by atoms with Gasteiger partial charge in [-0.3, -0.25) is 0 Å². The summed E-state index contributed by atoms with van der Waals surface area (Å²) in [5, 5.41) is 20.7. The topological polar surface area (TPSA) is 70.7 Å². The Bertz CT molecular complexity index is 516. The van der Waals surface area contributed by atoms with Crippen LogP contribution in [0.4, 0.5) is 0 Å². The molecule has 4 nitrogen and oxygen atoms in total. The number of thiophene rings is 1. The first-order valence-corrected chi connectivity index (χ1v) is 5.59. The maximum atomic E-state index is 10.6. The van der Waals surface area contributed by atoms with Gasteiger partial charge in [0.05, 0.1) is 9.90 Å². The lowest BCUT2D eigenvalue weighted by molar-refractivity contribution is 0.0655. The van der Waals surface area contributed by atoms with Gasteiger partial charge in [-0.05, 0) is 23.6 Å². The van der Waals surface area contributed by atoms with Crippen molar-refractivity contribution in [2.75, 3.05) is 0 Å². The van der Waals surface area contributed by atoms with E-state index in [0.29, 0.717) is 9.90 Å². The summed E-state index contributed by atoms with van der Waals surface area (Å²) in [6.45, 7) is 0. The fourth-order valence-electron chi connectivity index (χ4n) is 1.24. The van der Waals surface area contributed by atoms with Crippen molar-refractivity contribution in [2.45, 2.75) is 6.10 Å². The van der Waals surface area contributed by atoms with Gasteiger partial charge in [-0.15, -0.1) is 11.3 Å². The number of furan rings is 1. The van der Waals surface area contributed by atoms with Crippen LogP contribution in [0.2, 0.25) is 5.02 Å². The molecule has 1 unspecified atom stereocenters. The molecule has 0 spiro atoms. The number of hydrogen-bond donors (Lipinski definition) is 2. The van der Waals surface area contributed by atoms with Gasteiger partial charge in [0.1, 0.15) is 11.9 Å². The normalized spacial score (nSPS) is 12.6. The third kappa shape index (κ3) is 1.97. The second-order valence-corrected chi connectivity index (χ2v) is 4.40. The van der Waals surface area contributed by atoms with Crippen molar-refractivity contribution in [3.63, 3.8) is 0 Å². The largest absolute Gasteiger partial charge is 0.475 e. The van der Waals surface area contributed by atoms with Gasteiger partial charge >= 0.3 is 5.97 Å². The average Bonchev–Trinajstić information content (AvgIpc) is 2.84. The highest BCUT2D eigenvalue weighted by atomic mass is 35.5. The quantitative estimate of drug-likeness (QED) is 0.888. The van der Waals surface area contributed by atoms with Gasteiger partial charge in [-0.2, -0.15) is 0 Å². The number of aromatic carboxylic acids is 1. The number of halogens is 1. The van der Waals surface area contributed by atoms with Gasteiger partial charge < -0.3 is 14.6 Å². The maximum Gasteiger partial charge on any atom is 0.371 e. The molecule has 2 aromatic rings. The highest BCUT2D eigenvalue weighted by Crippen LogP contribution is 2.33. The Balaban J connectivity index is 2.31. The maximum absolute atomic E-state index is 10.6. The van der Waals surface area contributed by atoms with Crippen LogP contribution < -0.4 is 0 Å². The number of carboxylic acids is 1. The molecule has 0 aliphatic rings. The Morgan fingerprint density at radius 2 is 2.19 bits per heavy atom. The van der Waals surface area contributed by atoms with E-state index in [2.05, 4.69) is 0 Å².